The molecule has 0 fully saturated rings. The fraction of sp³-hybridized carbons (Fsp3) is 0.238. The van der Waals surface area contributed by atoms with Crippen molar-refractivity contribution in [3.8, 4) is 5.75 Å². The Kier molecular flexibility index (Phi) is 5.81. The van der Waals surface area contributed by atoms with E-state index in [1.54, 1.807) is 7.11 Å². The molecule has 0 radical (unpaired) electrons. The van der Waals surface area contributed by atoms with Crippen LogP contribution >= 0.6 is 11.6 Å². The number of benzene rings is 2. The first-order valence-corrected chi connectivity index (χ1v) is 9.09. The molecular formula is C21H22ClN3O2. The van der Waals surface area contributed by atoms with Gasteiger partial charge >= 0.3 is 0 Å². The van der Waals surface area contributed by atoms with Crippen molar-refractivity contribution in [3.05, 3.63) is 81.1 Å². The van der Waals surface area contributed by atoms with Crippen LogP contribution in [-0.2, 0) is 19.3 Å². The van der Waals surface area contributed by atoms with Gasteiger partial charge in [0.15, 0.2) is 0 Å². The average Bonchev–Trinajstić information content (AvgIpc) is 3.03. The minimum Gasteiger partial charge on any atom is -0.496 e. The van der Waals surface area contributed by atoms with E-state index < -0.39 is 5.91 Å². The zero-order chi connectivity index (χ0) is 19.4. The van der Waals surface area contributed by atoms with Crippen molar-refractivity contribution in [2.24, 2.45) is 5.73 Å². The highest BCUT2D eigenvalue weighted by molar-refractivity contribution is 6.30. The highest BCUT2D eigenvalue weighted by atomic mass is 35.5. The van der Waals surface area contributed by atoms with Gasteiger partial charge < -0.3 is 10.5 Å². The third-order valence-electron chi connectivity index (χ3n) is 4.50. The van der Waals surface area contributed by atoms with Gasteiger partial charge in [-0.1, -0.05) is 41.4 Å². The van der Waals surface area contributed by atoms with Gasteiger partial charge in [-0.15, -0.1) is 0 Å². The van der Waals surface area contributed by atoms with Gasteiger partial charge in [0.25, 0.3) is 5.91 Å². The number of aryl methyl sites for hydroxylation is 3. The molecule has 3 rings (SSSR count). The van der Waals surface area contributed by atoms with Crippen molar-refractivity contribution in [2.45, 2.75) is 26.2 Å². The number of H-pyrrole nitrogens is 1. The molecule has 140 valence electrons. The highest BCUT2D eigenvalue weighted by Gasteiger charge is 2.19. The van der Waals surface area contributed by atoms with E-state index in [2.05, 4.69) is 16.3 Å². The second-order valence-electron chi connectivity index (χ2n) is 6.51. The predicted molar refractivity (Wildman–Crippen MR) is 107 cm³/mol. The first-order chi connectivity index (χ1) is 13.0. The third kappa shape index (κ3) is 4.49. The largest absolute Gasteiger partial charge is 0.496 e. The Bertz CT molecular complexity index is 966. The molecule has 0 aliphatic rings. The Hall–Kier alpha value is -2.79. The molecule has 3 aromatic rings. The summed E-state index contributed by atoms with van der Waals surface area (Å²) < 4.78 is 5.43. The number of aromatic nitrogens is 2. The second-order valence-corrected chi connectivity index (χ2v) is 6.95. The van der Waals surface area contributed by atoms with E-state index in [0.29, 0.717) is 41.2 Å². The molecule has 0 saturated carbocycles. The van der Waals surface area contributed by atoms with E-state index in [0.717, 1.165) is 22.4 Å². The molecule has 2 aromatic carbocycles. The fourth-order valence-electron chi connectivity index (χ4n) is 3.23. The lowest BCUT2D eigenvalue weighted by molar-refractivity contribution is 0.0998. The lowest BCUT2D eigenvalue weighted by Crippen LogP contribution is -2.15. The zero-order valence-electron chi connectivity index (χ0n) is 15.4. The molecule has 6 heteroatoms. The molecule has 0 spiro atoms. The number of hydrogen-bond donors (Lipinski definition) is 2. The van der Waals surface area contributed by atoms with Gasteiger partial charge in [0.2, 0.25) is 0 Å². The molecule has 0 bridgehead atoms. The standard InChI is InChI=1S/C21H22ClN3O2/c1-13-6-9-19(27-2)15(10-13)7-8-17-20(21(23)26)18(25-24-17)12-14-4-3-5-16(22)11-14/h3-6,9-11H,7-8,12H2,1-2H3,(H2,23,26)(H,24,25). The molecule has 5 nitrogen and oxygen atoms in total. The number of halogens is 1. The van der Waals surface area contributed by atoms with Gasteiger partial charge in [-0.3, -0.25) is 9.89 Å². The van der Waals surface area contributed by atoms with Crippen molar-refractivity contribution in [1.82, 2.24) is 10.2 Å². The number of amides is 1. The molecule has 0 saturated heterocycles. The van der Waals surface area contributed by atoms with Gasteiger partial charge in [-0.2, -0.15) is 5.10 Å². The van der Waals surface area contributed by atoms with Crippen LogP contribution in [0.1, 0.15) is 38.4 Å². The number of rotatable bonds is 7. The number of aromatic amines is 1. The first kappa shape index (κ1) is 19.0. The summed E-state index contributed by atoms with van der Waals surface area (Å²) in [6, 6.07) is 13.6. The average molecular weight is 384 g/mol. The fourth-order valence-corrected chi connectivity index (χ4v) is 3.44. The monoisotopic (exact) mass is 383 g/mol. The Morgan fingerprint density at radius 3 is 2.74 bits per heavy atom. The van der Waals surface area contributed by atoms with Gasteiger partial charge in [-0.25, -0.2) is 0 Å². The number of carbonyl (C=O) groups is 1. The van der Waals surface area contributed by atoms with E-state index in [4.69, 9.17) is 22.1 Å². The lowest BCUT2D eigenvalue weighted by Gasteiger charge is -2.09. The maximum absolute atomic E-state index is 12.1. The number of hydrogen-bond acceptors (Lipinski definition) is 3. The minimum atomic E-state index is -0.480. The topological polar surface area (TPSA) is 81.0 Å². The normalized spacial score (nSPS) is 10.8. The van der Waals surface area contributed by atoms with Crippen LogP contribution < -0.4 is 10.5 Å². The minimum absolute atomic E-state index is 0.460. The summed E-state index contributed by atoms with van der Waals surface area (Å²) in [5.74, 6) is 0.350. The summed E-state index contributed by atoms with van der Waals surface area (Å²) in [4.78, 5) is 12.1. The molecule has 0 atom stereocenters. The second kappa shape index (κ2) is 8.27. The number of ether oxygens (including phenoxy) is 1. The Balaban J connectivity index is 1.83. The number of nitrogens with one attached hydrogen (secondary N) is 1. The van der Waals surface area contributed by atoms with E-state index in [9.17, 15) is 4.79 Å². The smallest absolute Gasteiger partial charge is 0.252 e. The molecule has 3 N–H and O–H groups in total. The summed E-state index contributed by atoms with van der Waals surface area (Å²) in [7, 11) is 1.65. The number of nitrogens with two attached hydrogens (primary N) is 1. The Morgan fingerprint density at radius 1 is 1.22 bits per heavy atom. The van der Waals surface area contributed by atoms with E-state index in [1.807, 2.05) is 43.3 Å². The summed E-state index contributed by atoms with van der Waals surface area (Å²) in [6.45, 7) is 2.04. The van der Waals surface area contributed by atoms with Crippen LogP contribution in [-0.4, -0.2) is 23.2 Å². The molecule has 0 unspecified atom stereocenters. The molecule has 27 heavy (non-hydrogen) atoms. The van der Waals surface area contributed by atoms with E-state index >= 15 is 0 Å². The third-order valence-corrected chi connectivity index (χ3v) is 4.73. The van der Waals surface area contributed by atoms with Gasteiger partial charge in [-0.05, 0) is 49.1 Å². The van der Waals surface area contributed by atoms with E-state index in [1.165, 1.54) is 0 Å². The maximum Gasteiger partial charge on any atom is 0.252 e. The molecule has 1 heterocycles. The quantitative estimate of drug-likeness (QED) is 0.650. The van der Waals surface area contributed by atoms with Crippen LogP contribution in [0.2, 0.25) is 5.02 Å². The van der Waals surface area contributed by atoms with Gasteiger partial charge in [0.1, 0.15) is 5.75 Å². The van der Waals surface area contributed by atoms with Crippen LogP contribution in [0, 0.1) is 6.92 Å². The number of nitrogens with zero attached hydrogens (tertiary/aromatic N) is 1. The van der Waals surface area contributed by atoms with Crippen molar-refractivity contribution < 1.29 is 9.53 Å². The van der Waals surface area contributed by atoms with E-state index in [-0.39, 0.29) is 0 Å². The van der Waals surface area contributed by atoms with Crippen molar-refractivity contribution in [2.75, 3.05) is 7.11 Å². The summed E-state index contributed by atoms with van der Waals surface area (Å²) in [5, 5.41) is 7.98. The van der Waals surface area contributed by atoms with Crippen molar-refractivity contribution in [1.29, 1.82) is 0 Å². The van der Waals surface area contributed by atoms with Gasteiger partial charge in [0.05, 0.1) is 24.1 Å². The number of carbonyl (C=O) groups excluding carboxylic acids is 1. The van der Waals surface area contributed by atoms with Crippen molar-refractivity contribution in [3.63, 3.8) is 0 Å². The number of methoxy groups -OCH3 is 1. The maximum atomic E-state index is 12.1. The molecule has 1 amide bonds. The van der Waals surface area contributed by atoms with Crippen LogP contribution in [0.15, 0.2) is 42.5 Å². The highest BCUT2D eigenvalue weighted by Crippen LogP contribution is 2.23. The molecular weight excluding hydrogens is 362 g/mol. The molecule has 1 aromatic heterocycles. The van der Waals surface area contributed by atoms with Crippen LogP contribution in [0.4, 0.5) is 0 Å². The predicted octanol–water partition coefficient (Wildman–Crippen LogP) is 3.86. The van der Waals surface area contributed by atoms with Crippen LogP contribution in [0.25, 0.3) is 0 Å². The molecule has 0 aliphatic heterocycles. The van der Waals surface area contributed by atoms with Crippen LogP contribution in [0.5, 0.6) is 5.75 Å². The van der Waals surface area contributed by atoms with Crippen molar-refractivity contribution >= 4 is 17.5 Å². The van der Waals surface area contributed by atoms with Crippen LogP contribution in [0.3, 0.4) is 0 Å². The summed E-state index contributed by atoms with van der Waals surface area (Å²) in [6.07, 6.45) is 1.80. The first-order valence-electron chi connectivity index (χ1n) is 8.71. The summed E-state index contributed by atoms with van der Waals surface area (Å²) >= 11 is 6.05. The molecule has 0 aliphatic carbocycles. The lowest BCUT2D eigenvalue weighted by atomic mass is 10.00. The zero-order valence-corrected chi connectivity index (χ0v) is 16.1. The SMILES string of the molecule is COc1ccc(C)cc1CCc1n[nH]c(Cc2cccc(Cl)c2)c1C(N)=O. The van der Waals surface area contributed by atoms with Gasteiger partial charge in [0, 0.05) is 11.4 Å². The Labute approximate surface area is 163 Å². The Morgan fingerprint density at radius 2 is 2.04 bits per heavy atom. The number of primary amides is 1. The summed E-state index contributed by atoms with van der Waals surface area (Å²) in [5.41, 5.74) is 10.7.